The summed E-state index contributed by atoms with van der Waals surface area (Å²) >= 11 is 13.4. The van der Waals surface area contributed by atoms with Crippen molar-refractivity contribution in [3.63, 3.8) is 0 Å². The summed E-state index contributed by atoms with van der Waals surface area (Å²) in [4.78, 5) is 5.37. The van der Waals surface area contributed by atoms with Crippen LogP contribution in [0, 0.1) is 0 Å². The van der Waals surface area contributed by atoms with Gasteiger partial charge in [0.15, 0.2) is 4.96 Å². The molecule has 0 amide bonds. The van der Waals surface area contributed by atoms with E-state index in [0.717, 1.165) is 16.2 Å². The van der Waals surface area contributed by atoms with Gasteiger partial charge in [0.05, 0.1) is 10.7 Å². The molecule has 9 heteroatoms. The standard InChI is InChI=1S/C17H11Cl2N3O2S2/c18-12-3-6-14(19)16(9-12)26(23,24)21-13-4-1-11(2-5-13)15-10-22-7-8-25-17(22)20-15/h1-10,21H. The average molecular weight is 424 g/mol. The summed E-state index contributed by atoms with van der Waals surface area (Å²) < 4.78 is 29.5. The Bertz CT molecular complexity index is 1170. The topological polar surface area (TPSA) is 63.5 Å². The van der Waals surface area contributed by atoms with Crippen LogP contribution in [0.15, 0.2) is 65.1 Å². The fraction of sp³-hybridized carbons (Fsp3) is 0. The first-order valence-electron chi connectivity index (χ1n) is 7.43. The Morgan fingerprint density at radius 2 is 1.85 bits per heavy atom. The van der Waals surface area contributed by atoms with Crippen LogP contribution in [-0.2, 0) is 10.0 Å². The number of fused-ring (bicyclic) bond motifs is 1. The minimum atomic E-state index is -3.84. The molecule has 0 aliphatic heterocycles. The van der Waals surface area contributed by atoms with E-state index >= 15 is 0 Å². The van der Waals surface area contributed by atoms with Crippen LogP contribution in [0.1, 0.15) is 0 Å². The second-order valence-corrected chi connectivity index (χ2v) is 8.84. The summed E-state index contributed by atoms with van der Waals surface area (Å²) in [6.07, 6.45) is 3.87. The van der Waals surface area contributed by atoms with E-state index in [9.17, 15) is 8.42 Å². The SMILES string of the molecule is O=S(=O)(Nc1ccc(-c2cn3ccsc3n2)cc1)c1cc(Cl)ccc1Cl. The van der Waals surface area contributed by atoms with Gasteiger partial charge in [-0.3, -0.25) is 9.12 Å². The van der Waals surface area contributed by atoms with Crippen LogP contribution < -0.4 is 4.72 Å². The monoisotopic (exact) mass is 423 g/mol. The maximum absolute atomic E-state index is 12.5. The summed E-state index contributed by atoms with van der Waals surface area (Å²) in [5, 5.41) is 2.37. The van der Waals surface area contributed by atoms with E-state index < -0.39 is 10.0 Å². The van der Waals surface area contributed by atoms with Crippen LogP contribution in [0.25, 0.3) is 16.2 Å². The molecule has 0 aliphatic carbocycles. The second-order valence-electron chi connectivity index (χ2n) is 5.48. The molecular weight excluding hydrogens is 413 g/mol. The van der Waals surface area contributed by atoms with Crippen molar-refractivity contribution in [1.29, 1.82) is 0 Å². The summed E-state index contributed by atoms with van der Waals surface area (Å²) in [6.45, 7) is 0. The number of rotatable bonds is 4. The van der Waals surface area contributed by atoms with Gasteiger partial charge in [-0.15, -0.1) is 11.3 Å². The number of benzene rings is 2. The molecule has 1 N–H and O–H groups in total. The molecule has 5 nitrogen and oxygen atoms in total. The molecule has 0 atom stereocenters. The molecule has 0 saturated heterocycles. The van der Waals surface area contributed by atoms with Gasteiger partial charge in [-0.05, 0) is 30.3 Å². The fourth-order valence-corrected chi connectivity index (χ4v) is 4.99. The lowest BCUT2D eigenvalue weighted by Crippen LogP contribution is -2.13. The van der Waals surface area contributed by atoms with Gasteiger partial charge in [0.25, 0.3) is 10.0 Å². The molecule has 0 aliphatic rings. The van der Waals surface area contributed by atoms with E-state index in [-0.39, 0.29) is 9.92 Å². The number of thiazole rings is 1. The maximum Gasteiger partial charge on any atom is 0.263 e. The number of hydrogen-bond acceptors (Lipinski definition) is 4. The maximum atomic E-state index is 12.5. The smallest absolute Gasteiger partial charge is 0.263 e. The van der Waals surface area contributed by atoms with E-state index in [2.05, 4.69) is 9.71 Å². The van der Waals surface area contributed by atoms with E-state index in [1.165, 1.54) is 18.2 Å². The molecule has 26 heavy (non-hydrogen) atoms. The van der Waals surface area contributed by atoms with Gasteiger partial charge in [-0.2, -0.15) is 0 Å². The van der Waals surface area contributed by atoms with Gasteiger partial charge in [0.1, 0.15) is 4.90 Å². The summed E-state index contributed by atoms with van der Waals surface area (Å²) in [6, 6.07) is 11.3. The molecule has 2 heterocycles. The molecule has 0 spiro atoms. The lowest BCUT2D eigenvalue weighted by molar-refractivity contribution is 0.601. The molecule has 4 aromatic rings. The normalized spacial score (nSPS) is 11.8. The Morgan fingerprint density at radius 1 is 1.08 bits per heavy atom. The Kier molecular flexibility index (Phi) is 4.40. The molecule has 0 bridgehead atoms. The van der Waals surface area contributed by atoms with Crippen LogP contribution >= 0.6 is 34.5 Å². The lowest BCUT2D eigenvalue weighted by Gasteiger charge is -2.10. The number of nitrogens with zero attached hydrogens (tertiary/aromatic N) is 2. The van der Waals surface area contributed by atoms with Crippen LogP contribution in [0.3, 0.4) is 0 Å². The average Bonchev–Trinajstić information content (AvgIpc) is 3.19. The largest absolute Gasteiger partial charge is 0.297 e. The zero-order chi connectivity index (χ0) is 18.3. The first-order valence-corrected chi connectivity index (χ1v) is 10.5. The predicted octanol–water partition coefficient (Wildman–Crippen LogP) is 5.17. The quantitative estimate of drug-likeness (QED) is 0.492. The first-order chi connectivity index (χ1) is 12.4. The van der Waals surface area contributed by atoms with Gasteiger partial charge >= 0.3 is 0 Å². The van der Waals surface area contributed by atoms with Crippen LogP contribution in [-0.4, -0.2) is 17.8 Å². The predicted molar refractivity (Wildman–Crippen MR) is 106 cm³/mol. The molecule has 0 fully saturated rings. The van der Waals surface area contributed by atoms with Gasteiger partial charge in [0.2, 0.25) is 0 Å². The van der Waals surface area contributed by atoms with Crippen molar-refractivity contribution in [3.8, 4) is 11.3 Å². The molecule has 2 aromatic heterocycles. The van der Waals surface area contributed by atoms with E-state index in [1.807, 2.05) is 34.3 Å². The Morgan fingerprint density at radius 3 is 2.58 bits per heavy atom. The highest BCUT2D eigenvalue weighted by molar-refractivity contribution is 7.92. The third-order valence-corrected chi connectivity index (χ3v) is 6.58. The van der Waals surface area contributed by atoms with Crippen LogP contribution in [0.4, 0.5) is 5.69 Å². The van der Waals surface area contributed by atoms with Crippen LogP contribution in [0.5, 0.6) is 0 Å². The van der Waals surface area contributed by atoms with Gasteiger partial charge in [-0.1, -0.05) is 35.3 Å². The van der Waals surface area contributed by atoms with Crippen molar-refractivity contribution < 1.29 is 8.42 Å². The molecule has 4 rings (SSSR count). The highest BCUT2D eigenvalue weighted by Gasteiger charge is 2.18. The van der Waals surface area contributed by atoms with E-state index in [0.29, 0.717) is 10.7 Å². The zero-order valence-electron chi connectivity index (χ0n) is 13.1. The molecule has 2 aromatic carbocycles. The highest BCUT2D eigenvalue weighted by atomic mass is 35.5. The fourth-order valence-electron chi connectivity index (χ4n) is 2.47. The van der Waals surface area contributed by atoms with Gasteiger partial charge in [-0.25, -0.2) is 13.4 Å². The molecule has 0 unspecified atom stereocenters. The second kappa shape index (κ2) is 6.59. The van der Waals surface area contributed by atoms with Crippen molar-refractivity contribution in [2.75, 3.05) is 4.72 Å². The van der Waals surface area contributed by atoms with E-state index in [4.69, 9.17) is 23.2 Å². The molecule has 132 valence electrons. The van der Waals surface area contributed by atoms with Crippen molar-refractivity contribution in [2.24, 2.45) is 0 Å². The summed E-state index contributed by atoms with van der Waals surface area (Å²) in [7, 11) is -3.84. The van der Waals surface area contributed by atoms with Crippen LogP contribution in [0.2, 0.25) is 10.0 Å². The van der Waals surface area contributed by atoms with Gasteiger partial charge < -0.3 is 0 Å². The number of imidazole rings is 1. The third kappa shape index (κ3) is 3.31. The van der Waals surface area contributed by atoms with Crippen molar-refractivity contribution >= 4 is 55.2 Å². The number of aromatic nitrogens is 2. The molecular formula is C17H11Cl2N3O2S2. The van der Waals surface area contributed by atoms with Gasteiger partial charge in [0, 0.05) is 34.0 Å². The lowest BCUT2D eigenvalue weighted by atomic mass is 10.1. The molecule has 0 saturated carbocycles. The van der Waals surface area contributed by atoms with Crippen molar-refractivity contribution in [1.82, 2.24) is 9.38 Å². The summed E-state index contributed by atoms with van der Waals surface area (Å²) in [5.41, 5.74) is 2.14. The Hall–Kier alpha value is -2.06. The van der Waals surface area contributed by atoms with Crippen molar-refractivity contribution in [2.45, 2.75) is 4.90 Å². The number of hydrogen-bond donors (Lipinski definition) is 1. The number of nitrogens with one attached hydrogen (secondary N) is 1. The Balaban J connectivity index is 1.60. The Labute approximate surface area is 163 Å². The zero-order valence-corrected chi connectivity index (χ0v) is 16.2. The third-order valence-electron chi connectivity index (χ3n) is 3.71. The summed E-state index contributed by atoms with van der Waals surface area (Å²) in [5.74, 6) is 0. The minimum absolute atomic E-state index is 0.0647. The number of sulfonamides is 1. The van der Waals surface area contributed by atoms with Crippen molar-refractivity contribution in [3.05, 3.63) is 70.3 Å². The highest BCUT2D eigenvalue weighted by Crippen LogP contribution is 2.28. The van der Waals surface area contributed by atoms with E-state index in [1.54, 1.807) is 23.5 Å². The first kappa shape index (κ1) is 17.4. The molecule has 0 radical (unpaired) electrons. The number of anilines is 1. The number of halogens is 2. The minimum Gasteiger partial charge on any atom is -0.297 e.